The molecule has 0 aliphatic heterocycles. The van der Waals surface area contributed by atoms with E-state index in [2.05, 4.69) is 5.32 Å². The second-order valence-electron chi connectivity index (χ2n) is 6.66. The smallest absolute Gasteiger partial charge is 0.266 e. The molecule has 0 unspecified atom stereocenters. The highest BCUT2D eigenvalue weighted by atomic mass is 35.5. The maximum atomic E-state index is 13.6. The first-order valence-corrected chi connectivity index (χ1v) is 11.9. The molecule has 0 radical (unpaired) electrons. The Hall–Kier alpha value is -2.45. The molecule has 1 N–H and O–H groups in total. The van der Waals surface area contributed by atoms with Crippen molar-refractivity contribution < 1.29 is 17.9 Å². The fraction of sp³-hybridized carbons (Fsp3) is 0.136. The lowest BCUT2D eigenvalue weighted by atomic mass is 10.2. The van der Waals surface area contributed by atoms with Crippen LogP contribution in [0.15, 0.2) is 71.6 Å². The van der Waals surface area contributed by atoms with E-state index in [0.717, 1.165) is 9.87 Å². The fourth-order valence-corrected chi connectivity index (χ4v) is 5.22. The first-order chi connectivity index (χ1) is 15.2. The van der Waals surface area contributed by atoms with Crippen LogP contribution in [-0.4, -0.2) is 28.0 Å². The number of hydrogen-bond acceptors (Lipinski definition) is 4. The Morgan fingerprint density at radius 2 is 1.62 bits per heavy atom. The molecule has 0 spiro atoms. The second-order valence-corrected chi connectivity index (χ2v) is 9.77. The quantitative estimate of drug-likeness (QED) is 0.451. The molecule has 168 valence electrons. The van der Waals surface area contributed by atoms with E-state index in [0.29, 0.717) is 5.02 Å². The number of sulfonamides is 1. The van der Waals surface area contributed by atoms with Gasteiger partial charge in [-0.1, -0.05) is 59.1 Å². The number of halogens is 3. The Kier molecular flexibility index (Phi) is 7.90. The number of nitrogens with one attached hydrogen (secondary N) is 1. The molecule has 0 fully saturated rings. The minimum atomic E-state index is -4.26. The predicted molar refractivity (Wildman–Crippen MR) is 127 cm³/mol. The Labute approximate surface area is 201 Å². The van der Waals surface area contributed by atoms with Crippen LogP contribution in [0.5, 0.6) is 5.75 Å². The third-order valence-electron chi connectivity index (χ3n) is 4.51. The molecule has 3 aromatic carbocycles. The summed E-state index contributed by atoms with van der Waals surface area (Å²) in [4.78, 5) is 12.5. The summed E-state index contributed by atoms with van der Waals surface area (Å²) >= 11 is 18.1. The van der Waals surface area contributed by atoms with Crippen LogP contribution in [0.1, 0.15) is 5.56 Å². The van der Waals surface area contributed by atoms with Gasteiger partial charge in [-0.05, 0) is 48.0 Å². The van der Waals surface area contributed by atoms with Crippen LogP contribution in [0.25, 0.3) is 0 Å². The zero-order chi connectivity index (χ0) is 23.3. The largest absolute Gasteiger partial charge is 0.495 e. The third kappa shape index (κ3) is 5.66. The van der Waals surface area contributed by atoms with Gasteiger partial charge in [0.1, 0.15) is 17.2 Å². The van der Waals surface area contributed by atoms with Gasteiger partial charge in [0.05, 0.1) is 17.8 Å². The molecule has 32 heavy (non-hydrogen) atoms. The lowest BCUT2D eigenvalue weighted by Gasteiger charge is -2.26. The molecule has 0 aliphatic carbocycles. The Balaban J connectivity index is 1.95. The topological polar surface area (TPSA) is 75.7 Å². The summed E-state index contributed by atoms with van der Waals surface area (Å²) in [6.45, 7) is -0.299. The number of hydrogen-bond donors (Lipinski definition) is 1. The van der Waals surface area contributed by atoms with Crippen molar-refractivity contribution in [2.45, 2.75) is 11.4 Å². The molecule has 0 atom stereocenters. The molecule has 10 heteroatoms. The van der Waals surface area contributed by atoms with E-state index in [-0.39, 0.29) is 32.9 Å². The van der Waals surface area contributed by atoms with E-state index in [1.165, 1.54) is 25.3 Å². The number of anilines is 1. The monoisotopic (exact) mass is 512 g/mol. The maximum absolute atomic E-state index is 13.6. The summed E-state index contributed by atoms with van der Waals surface area (Å²) < 4.78 is 33.4. The van der Waals surface area contributed by atoms with Gasteiger partial charge in [-0.2, -0.15) is 0 Å². The van der Waals surface area contributed by atoms with Crippen molar-refractivity contribution >= 4 is 56.4 Å². The van der Waals surface area contributed by atoms with Gasteiger partial charge in [-0.3, -0.25) is 9.10 Å². The van der Waals surface area contributed by atoms with Crippen molar-refractivity contribution in [2.75, 3.05) is 18.0 Å². The SMILES string of the molecule is COc1ccccc1N(CC(=O)NCc1ccc(Cl)cc1)S(=O)(=O)c1cc(Cl)ccc1Cl. The van der Waals surface area contributed by atoms with Crippen molar-refractivity contribution in [1.29, 1.82) is 0 Å². The van der Waals surface area contributed by atoms with Crippen LogP contribution in [-0.2, 0) is 21.4 Å². The van der Waals surface area contributed by atoms with Crippen LogP contribution in [0.3, 0.4) is 0 Å². The van der Waals surface area contributed by atoms with Gasteiger partial charge in [0.2, 0.25) is 5.91 Å². The summed E-state index contributed by atoms with van der Waals surface area (Å²) in [5.74, 6) is -0.243. The standard InChI is InChI=1S/C22H19Cl3N2O4S/c1-31-20-5-3-2-4-19(20)27(32(29,30)21-12-17(24)10-11-18(21)25)14-22(28)26-13-15-6-8-16(23)9-7-15/h2-12H,13-14H2,1H3,(H,26,28). The Morgan fingerprint density at radius 1 is 0.969 bits per heavy atom. The van der Waals surface area contributed by atoms with Gasteiger partial charge in [-0.25, -0.2) is 8.42 Å². The number of nitrogens with zero attached hydrogens (tertiary/aromatic N) is 1. The van der Waals surface area contributed by atoms with E-state index >= 15 is 0 Å². The first-order valence-electron chi connectivity index (χ1n) is 9.34. The summed E-state index contributed by atoms with van der Waals surface area (Å²) in [6, 6.07) is 17.5. The minimum absolute atomic E-state index is 0.0177. The van der Waals surface area contributed by atoms with Crippen LogP contribution >= 0.6 is 34.8 Å². The maximum Gasteiger partial charge on any atom is 0.266 e. The van der Waals surface area contributed by atoms with Gasteiger partial charge in [0.25, 0.3) is 10.0 Å². The van der Waals surface area contributed by atoms with E-state index in [1.807, 2.05) is 0 Å². The van der Waals surface area contributed by atoms with Crippen molar-refractivity contribution in [3.05, 3.63) is 87.4 Å². The summed E-state index contributed by atoms with van der Waals surface area (Å²) in [6.07, 6.45) is 0. The van der Waals surface area contributed by atoms with Crippen molar-refractivity contribution in [2.24, 2.45) is 0 Å². The van der Waals surface area contributed by atoms with Crippen LogP contribution < -0.4 is 14.4 Å². The lowest BCUT2D eigenvalue weighted by molar-refractivity contribution is -0.119. The Morgan fingerprint density at radius 3 is 2.31 bits per heavy atom. The van der Waals surface area contributed by atoms with Crippen LogP contribution in [0.4, 0.5) is 5.69 Å². The lowest BCUT2D eigenvalue weighted by Crippen LogP contribution is -2.41. The molecule has 0 saturated carbocycles. The number of carbonyl (C=O) groups is 1. The van der Waals surface area contributed by atoms with Crippen molar-refractivity contribution in [3.8, 4) is 5.75 Å². The van der Waals surface area contributed by atoms with Gasteiger partial charge in [0.15, 0.2) is 0 Å². The minimum Gasteiger partial charge on any atom is -0.495 e. The van der Waals surface area contributed by atoms with Crippen molar-refractivity contribution in [1.82, 2.24) is 5.32 Å². The first kappa shape index (κ1) is 24.2. The number of para-hydroxylation sites is 2. The molecule has 1 amide bonds. The number of rotatable bonds is 8. The molecule has 0 saturated heterocycles. The van der Waals surface area contributed by atoms with Gasteiger partial charge in [-0.15, -0.1) is 0 Å². The highest BCUT2D eigenvalue weighted by Gasteiger charge is 2.31. The van der Waals surface area contributed by atoms with Crippen molar-refractivity contribution in [3.63, 3.8) is 0 Å². The Bertz CT molecular complexity index is 1220. The van der Waals surface area contributed by atoms with Crippen LogP contribution in [0, 0.1) is 0 Å². The zero-order valence-electron chi connectivity index (χ0n) is 16.9. The van der Waals surface area contributed by atoms with Gasteiger partial charge >= 0.3 is 0 Å². The number of methoxy groups -OCH3 is 1. The zero-order valence-corrected chi connectivity index (χ0v) is 20.0. The average Bonchev–Trinajstić information content (AvgIpc) is 2.78. The molecule has 0 bridgehead atoms. The van der Waals surface area contributed by atoms with E-state index in [4.69, 9.17) is 39.5 Å². The number of amides is 1. The molecule has 3 rings (SSSR count). The highest BCUT2D eigenvalue weighted by Crippen LogP contribution is 2.35. The third-order valence-corrected chi connectivity index (χ3v) is 7.23. The number of ether oxygens (including phenoxy) is 1. The molecule has 6 nitrogen and oxygen atoms in total. The molecule has 0 aromatic heterocycles. The van der Waals surface area contributed by atoms with E-state index in [1.54, 1.807) is 48.5 Å². The molecular formula is C22H19Cl3N2O4S. The van der Waals surface area contributed by atoms with Gasteiger partial charge < -0.3 is 10.1 Å². The van der Waals surface area contributed by atoms with Gasteiger partial charge in [0, 0.05) is 16.6 Å². The molecule has 3 aromatic rings. The summed E-state index contributed by atoms with van der Waals surface area (Å²) in [5, 5.41) is 3.47. The average molecular weight is 514 g/mol. The second kappa shape index (κ2) is 10.4. The van der Waals surface area contributed by atoms with E-state index in [9.17, 15) is 13.2 Å². The number of carbonyl (C=O) groups excluding carboxylic acids is 1. The fourth-order valence-electron chi connectivity index (χ4n) is 2.92. The summed E-state index contributed by atoms with van der Waals surface area (Å²) in [5.41, 5.74) is 1.00. The van der Waals surface area contributed by atoms with Crippen LogP contribution in [0.2, 0.25) is 15.1 Å². The molecule has 0 aliphatic rings. The highest BCUT2D eigenvalue weighted by molar-refractivity contribution is 7.93. The molecule has 0 heterocycles. The normalized spacial score (nSPS) is 11.1. The number of benzene rings is 3. The van der Waals surface area contributed by atoms with E-state index < -0.39 is 22.5 Å². The predicted octanol–water partition coefficient (Wildman–Crippen LogP) is 5.17. The summed E-state index contributed by atoms with van der Waals surface area (Å²) in [7, 11) is -2.85. The molecular weight excluding hydrogens is 495 g/mol.